The number of nitro groups is 2. The SMILES string of the molecule is CN1CCN(c2ccc(Sc3ccc([N+](=O)[O-])cc3[N+](=O)[O-])cc2)CC1. The number of hydrogen-bond acceptors (Lipinski definition) is 7. The first-order valence-electron chi connectivity index (χ1n) is 8.08. The van der Waals surface area contributed by atoms with Crippen molar-refractivity contribution in [1.82, 2.24) is 4.90 Å². The lowest BCUT2D eigenvalue weighted by Gasteiger charge is -2.34. The number of anilines is 1. The van der Waals surface area contributed by atoms with Gasteiger partial charge in [-0.2, -0.15) is 0 Å². The summed E-state index contributed by atoms with van der Waals surface area (Å²) < 4.78 is 0. The Hall–Kier alpha value is -2.65. The van der Waals surface area contributed by atoms with Gasteiger partial charge in [0.25, 0.3) is 11.4 Å². The van der Waals surface area contributed by atoms with Crippen LogP contribution in [0, 0.1) is 20.2 Å². The van der Waals surface area contributed by atoms with E-state index in [-0.39, 0.29) is 11.4 Å². The lowest BCUT2D eigenvalue weighted by atomic mass is 10.2. The van der Waals surface area contributed by atoms with E-state index in [1.54, 1.807) is 0 Å². The van der Waals surface area contributed by atoms with Crippen molar-refractivity contribution in [2.45, 2.75) is 9.79 Å². The van der Waals surface area contributed by atoms with E-state index in [1.807, 2.05) is 24.3 Å². The van der Waals surface area contributed by atoms with Crippen LogP contribution in [0.2, 0.25) is 0 Å². The Kier molecular flexibility index (Phi) is 5.38. The van der Waals surface area contributed by atoms with Crippen LogP contribution in [0.5, 0.6) is 0 Å². The molecule has 0 bridgehead atoms. The first-order chi connectivity index (χ1) is 12.4. The van der Waals surface area contributed by atoms with Crippen LogP contribution in [-0.2, 0) is 0 Å². The summed E-state index contributed by atoms with van der Waals surface area (Å²) in [6.45, 7) is 3.98. The number of piperazine rings is 1. The van der Waals surface area contributed by atoms with Crippen molar-refractivity contribution in [3.8, 4) is 0 Å². The Bertz CT molecular complexity index is 820. The smallest absolute Gasteiger partial charge is 0.290 e. The summed E-state index contributed by atoms with van der Waals surface area (Å²) in [7, 11) is 2.11. The van der Waals surface area contributed by atoms with Crippen molar-refractivity contribution in [2.75, 3.05) is 38.1 Å². The molecule has 1 aliphatic rings. The summed E-state index contributed by atoms with van der Waals surface area (Å²) >= 11 is 1.23. The van der Waals surface area contributed by atoms with Crippen LogP contribution in [0.15, 0.2) is 52.3 Å². The van der Waals surface area contributed by atoms with E-state index in [0.717, 1.165) is 42.8 Å². The largest absolute Gasteiger partial charge is 0.369 e. The van der Waals surface area contributed by atoms with E-state index < -0.39 is 9.85 Å². The first-order valence-corrected chi connectivity index (χ1v) is 8.90. The quantitative estimate of drug-likeness (QED) is 0.585. The van der Waals surface area contributed by atoms with Gasteiger partial charge in [-0.05, 0) is 37.4 Å². The zero-order valence-corrected chi connectivity index (χ0v) is 15.0. The van der Waals surface area contributed by atoms with Gasteiger partial charge < -0.3 is 9.80 Å². The van der Waals surface area contributed by atoms with Crippen LogP contribution in [0.25, 0.3) is 0 Å². The van der Waals surface area contributed by atoms with Crippen LogP contribution >= 0.6 is 11.8 Å². The molecule has 2 aromatic rings. The molecular formula is C17H18N4O4S. The van der Waals surface area contributed by atoms with E-state index in [4.69, 9.17) is 0 Å². The molecule has 26 heavy (non-hydrogen) atoms. The highest BCUT2D eigenvalue weighted by molar-refractivity contribution is 7.99. The summed E-state index contributed by atoms with van der Waals surface area (Å²) in [6.07, 6.45) is 0. The molecule has 1 saturated heterocycles. The molecule has 0 aliphatic carbocycles. The molecule has 0 unspecified atom stereocenters. The minimum atomic E-state index is -0.633. The Balaban J connectivity index is 1.77. The van der Waals surface area contributed by atoms with Crippen LogP contribution in [-0.4, -0.2) is 48.0 Å². The molecule has 1 fully saturated rings. The predicted octanol–water partition coefficient (Wildman–Crippen LogP) is 3.41. The van der Waals surface area contributed by atoms with Crippen LogP contribution in [0.3, 0.4) is 0 Å². The van der Waals surface area contributed by atoms with Gasteiger partial charge in [0.15, 0.2) is 0 Å². The van der Waals surface area contributed by atoms with Gasteiger partial charge in [-0.15, -0.1) is 0 Å². The van der Waals surface area contributed by atoms with Gasteiger partial charge in [0, 0.05) is 42.8 Å². The van der Waals surface area contributed by atoms with Gasteiger partial charge in [0.05, 0.1) is 20.8 Å². The maximum absolute atomic E-state index is 11.2. The third-order valence-electron chi connectivity index (χ3n) is 4.28. The molecule has 2 aromatic carbocycles. The van der Waals surface area contributed by atoms with Gasteiger partial charge in [-0.3, -0.25) is 20.2 Å². The second kappa shape index (κ2) is 7.71. The minimum Gasteiger partial charge on any atom is -0.369 e. The number of rotatable bonds is 5. The van der Waals surface area contributed by atoms with E-state index in [9.17, 15) is 20.2 Å². The second-order valence-corrected chi connectivity index (χ2v) is 7.17. The van der Waals surface area contributed by atoms with Gasteiger partial charge in [-0.25, -0.2) is 0 Å². The molecule has 0 N–H and O–H groups in total. The summed E-state index contributed by atoms with van der Waals surface area (Å²) in [4.78, 5) is 26.7. The maximum Gasteiger partial charge on any atom is 0.290 e. The van der Waals surface area contributed by atoms with Crippen molar-refractivity contribution >= 4 is 28.8 Å². The zero-order valence-electron chi connectivity index (χ0n) is 14.2. The fourth-order valence-corrected chi connectivity index (χ4v) is 3.67. The number of nitrogens with zero attached hydrogens (tertiary/aromatic N) is 4. The molecule has 9 heteroatoms. The lowest BCUT2D eigenvalue weighted by molar-refractivity contribution is -0.396. The maximum atomic E-state index is 11.2. The fourth-order valence-electron chi connectivity index (χ4n) is 2.76. The van der Waals surface area contributed by atoms with Crippen molar-refractivity contribution in [1.29, 1.82) is 0 Å². The van der Waals surface area contributed by atoms with Gasteiger partial charge in [0.1, 0.15) is 0 Å². The molecule has 0 spiro atoms. The zero-order chi connectivity index (χ0) is 18.7. The molecule has 0 radical (unpaired) electrons. The molecule has 0 aromatic heterocycles. The molecule has 136 valence electrons. The van der Waals surface area contributed by atoms with E-state index in [2.05, 4.69) is 16.8 Å². The van der Waals surface area contributed by atoms with E-state index in [0.29, 0.717) is 4.90 Å². The van der Waals surface area contributed by atoms with E-state index >= 15 is 0 Å². The Morgan fingerprint density at radius 3 is 2.15 bits per heavy atom. The molecule has 1 aliphatic heterocycles. The molecule has 1 heterocycles. The molecule has 8 nitrogen and oxygen atoms in total. The Morgan fingerprint density at radius 2 is 1.58 bits per heavy atom. The lowest BCUT2D eigenvalue weighted by Crippen LogP contribution is -2.44. The fraction of sp³-hybridized carbons (Fsp3) is 0.294. The second-order valence-electron chi connectivity index (χ2n) is 6.05. The Labute approximate surface area is 154 Å². The summed E-state index contributed by atoms with van der Waals surface area (Å²) in [5, 5.41) is 22.1. The normalized spacial score (nSPS) is 15.0. The van der Waals surface area contributed by atoms with E-state index in [1.165, 1.54) is 23.9 Å². The summed E-state index contributed by atoms with van der Waals surface area (Å²) in [5.41, 5.74) is 0.583. The van der Waals surface area contributed by atoms with Gasteiger partial charge in [-0.1, -0.05) is 11.8 Å². The molecule has 0 amide bonds. The summed E-state index contributed by atoms with van der Waals surface area (Å²) in [6, 6.07) is 11.6. The number of benzene rings is 2. The molecule has 0 saturated carbocycles. The average molecular weight is 374 g/mol. The van der Waals surface area contributed by atoms with Gasteiger partial charge in [0.2, 0.25) is 0 Å². The van der Waals surface area contributed by atoms with Crippen LogP contribution in [0.4, 0.5) is 17.1 Å². The highest BCUT2D eigenvalue weighted by atomic mass is 32.2. The van der Waals surface area contributed by atoms with Crippen molar-refractivity contribution in [3.63, 3.8) is 0 Å². The topological polar surface area (TPSA) is 92.8 Å². The highest BCUT2D eigenvalue weighted by Gasteiger charge is 2.20. The first kappa shape index (κ1) is 18.2. The number of likely N-dealkylation sites (N-methyl/N-ethyl adjacent to an activating group) is 1. The molecule has 0 atom stereocenters. The number of hydrogen-bond donors (Lipinski definition) is 0. The molecule has 3 rings (SSSR count). The average Bonchev–Trinajstić information content (AvgIpc) is 2.63. The van der Waals surface area contributed by atoms with Crippen LogP contribution in [0.1, 0.15) is 0 Å². The Morgan fingerprint density at radius 1 is 0.923 bits per heavy atom. The molecular weight excluding hydrogens is 356 g/mol. The summed E-state index contributed by atoms with van der Waals surface area (Å²) in [5.74, 6) is 0. The van der Waals surface area contributed by atoms with Crippen molar-refractivity contribution < 1.29 is 9.85 Å². The van der Waals surface area contributed by atoms with Crippen molar-refractivity contribution in [3.05, 3.63) is 62.7 Å². The number of nitro benzene ring substituents is 2. The monoisotopic (exact) mass is 374 g/mol. The predicted molar refractivity (Wildman–Crippen MR) is 100 cm³/mol. The van der Waals surface area contributed by atoms with Gasteiger partial charge >= 0.3 is 0 Å². The van der Waals surface area contributed by atoms with Crippen LogP contribution < -0.4 is 4.90 Å². The standard InChI is InChI=1S/C17H18N4O4S/c1-18-8-10-19(11-9-18)13-2-5-15(6-3-13)26-17-7-4-14(20(22)23)12-16(17)21(24)25/h2-7,12H,8-11H2,1H3. The highest BCUT2D eigenvalue weighted by Crippen LogP contribution is 2.37. The number of non-ortho nitro benzene ring substituents is 1. The third-order valence-corrected chi connectivity index (χ3v) is 5.36. The third kappa shape index (κ3) is 4.12. The van der Waals surface area contributed by atoms with Crippen molar-refractivity contribution in [2.24, 2.45) is 0 Å². The minimum absolute atomic E-state index is 0.257.